The lowest BCUT2D eigenvalue weighted by molar-refractivity contribution is 0.424. The molecule has 0 aromatic carbocycles. The first-order valence-corrected chi connectivity index (χ1v) is 8.39. The number of anilines is 1. The Balaban J connectivity index is 2.14. The normalized spacial score (nSPS) is 23.9. The maximum absolute atomic E-state index is 4.65. The molecule has 0 aliphatic carbocycles. The van der Waals surface area contributed by atoms with Crippen molar-refractivity contribution in [2.45, 2.75) is 57.2 Å². The molecule has 1 N–H and O–H groups in total. The van der Waals surface area contributed by atoms with Gasteiger partial charge in [0, 0.05) is 47.4 Å². The van der Waals surface area contributed by atoms with Gasteiger partial charge in [0.25, 0.3) is 0 Å². The van der Waals surface area contributed by atoms with Crippen LogP contribution in [0.2, 0.25) is 0 Å². The topological polar surface area (TPSA) is 28.2 Å². The number of nitrogens with zero attached hydrogens (tertiary/aromatic N) is 2. The maximum atomic E-state index is 4.65. The lowest BCUT2D eigenvalue weighted by Gasteiger charge is -2.36. The molecule has 0 amide bonds. The van der Waals surface area contributed by atoms with Crippen molar-refractivity contribution >= 4 is 17.6 Å². The molecule has 2 atom stereocenters. The van der Waals surface area contributed by atoms with Crippen LogP contribution in [0.3, 0.4) is 0 Å². The van der Waals surface area contributed by atoms with Gasteiger partial charge in [-0.2, -0.15) is 11.8 Å². The van der Waals surface area contributed by atoms with Gasteiger partial charge in [0.05, 0.1) is 0 Å². The molecule has 0 spiro atoms. The predicted octanol–water partition coefficient (Wildman–Crippen LogP) is 3.30. The Morgan fingerprint density at radius 2 is 1.95 bits per heavy atom. The van der Waals surface area contributed by atoms with Gasteiger partial charge in [0.1, 0.15) is 5.82 Å². The minimum Gasteiger partial charge on any atom is -0.354 e. The van der Waals surface area contributed by atoms with Crippen LogP contribution < -0.4 is 10.2 Å². The zero-order valence-electron chi connectivity index (χ0n) is 13.3. The van der Waals surface area contributed by atoms with Crippen molar-refractivity contribution in [2.24, 2.45) is 0 Å². The number of nitrogens with one attached hydrogen (secondary N) is 1. The molecule has 0 saturated carbocycles. The number of hydrogen-bond donors (Lipinski definition) is 1. The molecular weight excluding hydrogens is 266 g/mol. The van der Waals surface area contributed by atoms with Crippen molar-refractivity contribution in [2.75, 3.05) is 18.0 Å². The number of rotatable bonds is 3. The Kier molecular flexibility index (Phi) is 4.97. The molecule has 4 heteroatoms. The lowest BCUT2D eigenvalue weighted by Crippen LogP contribution is -2.42. The van der Waals surface area contributed by atoms with E-state index in [1.165, 1.54) is 5.56 Å². The molecular formula is C16H27N3S. The highest BCUT2D eigenvalue weighted by molar-refractivity contribution is 8.00. The maximum Gasteiger partial charge on any atom is 0.133 e. The van der Waals surface area contributed by atoms with Gasteiger partial charge in [-0.1, -0.05) is 19.9 Å². The van der Waals surface area contributed by atoms with E-state index in [1.807, 2.05) is 12.3 Å². The zero-order valence-corrected chi connectivity index (χ0v) is 14.1. The molecule has 3 nitrogen and oxygen atoms in total. The third kappa shape index (κ3) is 4.38. The summed E-state index contributed by atoms with van der Waals surface area (Å²) >= 11 is 2.08. The number of pyridine rings is 1. The Morgan fingerprint density at radius 3 is 2.55 bits per heavy atom. The van der Waals surface area contributed by atoms with Crippen LogP contribution in [-0.2, 0) is 6.54 Å². The standard InChI is InChI=1S/C16H27N3S/c1-12-10-19(11-13(2)20-12)15-14(7-6-8-17-15)9-18-16(3,4)5/h6-8,12-13,18H,9-11H2,1-5H3. The van der Waals surface area contributed by atoms with E-state index in [4.69, 9.17) is 0 Å². The quantitative estimate of drug-likeness (QED) is 0.925. The summed E-state index contributed by atoms with van der Waals surface area (Å²) in [5.41, 5.74) is 1.43. The van der Waals surface area contributed by atoms with E-state index in [0.29, 0.717) is 10.5 Å². The van der Waals surface area contributed by atoms with Crippen molar-refractivity contribution in [3.05, 3.63) is 23.9 Å². The molecule has 0 radical (unpaired) electrons. The second-order valence-corrected chi connectivity index (χ2v) is 8.63. The highest BCUT2D eigenvalue weighted by Crippen LogP contribution is 2.29. The predicted molar refractivity (Wildman–Crippen MR) is 89.6 cm³/mol. The molecule has 1 saturated heterocycles. The summed E-state index contributed by atoms with van der Waals surface area (Å²) in [6.07, 6.45) is 1.91. The highest BCUT2D eigenvalue weighted by Gasteiger charge is 2.24. The molecule has 1 aromatic heterocycles. The minimum absolute atomic E-state index is 0.130. The average molecular weight is 293 g/mol. The number of aromatic nitrogens is 1. The van der Waals surface area contributed by atoms with Crippen LogP contribution in [0.25, 0.3) is 0 Å². The molecule has 0 bridgehead atoms. The van der Waals surface area contributed by atoms with E-state index in [2.05, 4.69) is 67.6 Å². The highest BCUT2D eigenvalue weighted by atomic mass is 32.2. The molecule has 2 rings (SSSR count). The van der Waals surface area contributed by atoms with E-state index in [1.54, 1.807) is 0 Å². The Labute approximate surface area is 127 Å². The smallest absolute Gasteiger partial charge is 0.133 e. The summed E-state index contributed by atoms with van der Waals surface area (Å²) in [5.74, 6) is 1.16. The Morgan fingerprint density at radius 1 is 1.30 bits per heavy atom. The fourth-order valence-electron chi connectivity index (χ4n) is 2.56. The van der Waals surface area contributed by atoms with E-state index in [0.717, 1.165) is 25.5 Å². The largest absolute Gasteiger partial charge is 0.354 e. The van der Waals surface area contributed by atoms with Gasteiger partial charge in [-0.3, -0.25) is 0 Å². The van der Waals surface area contributed by atoms with Crippen LogP contribution in [0.1, 0.15) is 40.2 Å². The summed E-state index contributed by atoms with van der Waals surface area (Å²) in [5, 5.41) is 4.91. The molecule has 20 heavy (non-hydrogen) atoms. The number of hydrogen-bond acceptors (Lipinski definition) is 4. The molecule has 2 unspecified atom stereocenters. The summed E-state index contributed by atoms with van der Waals surface area (Å²) in [4.78, 5) is 7.10. The van der Waals surface area contributed by atoms with Gasteiger partial charge in [-0.15, -0.1) is 0 Å². The first kappa shape index (κ1) is 15.6. The van der Waals surface area contributed by atoms with Crippen LogP contribution in [0.5, 0.6) is 0 Å². The molecule has 1 aliphatic heterocycles. The molecule has 1 fully saturated rings. The first-order valence-electron chi connectivity index (χ1n) is 7.44. The van der Waals surface area contributed by atoms with E-state index >= 15 is 0 Å². The van der Waals surface area contributed by atoms with Crippen LogP contribution in [-0.4, -0.2) is 34.1 Å². The van der Waals surface area contributed by atoms with Crippen molar-refractivity contribution in [3.63, 3.8) is 0 Å². The van der Waals surface area contributed by atoms with Crippen molar-refractivity contribution in [1.29, 1.82) is 0 Å². The minimum atomic E-state index is 0.130. The number of thioether (sulfide) groups is 1. The van der Waals surface area contributed by atoms with Crippen LogP contribution in [0.4, 0.5) is 5.82 Å². The monoisotopic (exact) mass is 293 g/mol. The van der Waals surface area contributed by atoms with Gasteiger partial charge in [0.2, 0.25) is 0 Å². The van der Waals surface area contributed by atoms with Crippen molar-refractivity contribution in [3.8, 4) is 0 Å². The summed E-state index contributed by atoms with van der Waals surface area (Å²) in [6.45, 7) is 14.3. The molecule has 112 valence electrons. The van der Waals surface area contributed by atoms with E-state index in [-0.39, 0.29) is 5.54 Å². The van der Waals surface area contributed by atoms with E-state index in [9.17, 15) is 0 Å². The zero-order chi connectivity index (χ0) is 14.8. The SMILES string of the molecule is CC1CN(c2ncccc2CNC(C)(C)C)CC(C)S1. The summed E-state index contributed by atoms with van der Waals surface area (Å²) < 4.78 is 0. The molecule has 1 aliphatic rings. The van der Waals surface area contributed by atoms with Crippen molar-refractivity contribution < 1.29 is 0 Å². The van der Waals surface area contributed by atoms with E-state index < -0.39 is 0 Å². The molecule has 1 aromatic rings. The third-order valence-electron chi connectivity index (χ3n) is 3.40. The second-order valence-electron chi connectivity index (χ2n) is 6.75. The Bertz CT molecular complexity index is 432. The van der Waals surface area contributed by atoms with Crippen LogP contribution in [0.15, 0.2) is 18.3 Å². The average Bonchev–Trinajstić information content (AvgIpc) is 2.34. The van der Waals surface area contributed by atoms with Crippen molar-refractivity contribution in [1.82, 2.24) is 10.3 Å². The first-order chi connectivity index (χ1) is 9.35. The lowest BCUT2D eigenvalue weighted by atomic mass is 10.1. The van der Waals surface area contributed by atoms with Gasteiger partial charge in [-0.25, -0.2) is 4.98 Å². The van der Waals surface area contributed by atoms with Crippen LogP contribution in [0, 0.1) is 0 Å². The third-order valence-corrected chi connectivity index (χ3v) is 4.62. The van der Waals surface area contributed by atoms with Gasteiger partial charge < -0.3 is 10.2 Å². The summed E-state index contributed by atoms with van der Waals surface area (Å²) in [7, 11) is 0. The molecule has 2 heterocycles. The Hall–Kier alpha value is -0.740. The van der Waals surface area contributed by atoms with Gasteiger partial charge in [0.15, 0.2) is 0 Å². The second kappa shape index (κ2) is 6.35. The fraction of sp³-hybridized carbons (Fsp3) is 0.688. The van der Waals surface area contributed by atoms with Gasteiger partial charge >= 0.3 is 0 Å². The summed E-state index contributed by atoms with van der Waals surface area (Å²) in [6, 6.07) is 4.23. The fourth-order valence-corrected chi connectivity index (χ4v) is 3.89. The van der Waals surface area contributed by atoms with Crippen LogP contribution >= 0.6 is 11.8 Å². The van der Waals surface area contributed by atoms with Gasteiger partial charge in [-0.05, 0) is 26.8 Å².